The zero-order valence-electron chi connectivity index (χ0n) is 30.3. The van der Waals surface area contributed by atoms with Gasteiger partial charge in [-0.2, -0.15) is 0 Å². The minimum absolute atomic E-state index is 0.233. The number of rotatable bonds is 29. The lowest BCUT2D eigenvalue weighted by Gasteiger charge is -2.44. The number of carbonyl (C=O) groups excluding carboxylic acids is 3. The molecule has 1 rings (SSSR count). The first-order valence-corrected chi connectivity index (χ1v) is 19.1. The van der Waals surface area contributed by atoms with Gasteiger partial charge in [0.05, 0.1) is 12.7 Å². The van der Waals surface area contributed by atoms with Crippen molar-refractivity contribution in [3.8, 4) is 0 Å². The molecule has 276 valence electrons. The molecule has 10 nitrogen and oxygen atoms in total. The number of hydrogen-bond acceptors (Lipinski definition) is 8. The lowest BCUT2D eigenvalue weighted by atomic mass is 9.96. The Labute approximate surface area is 285 Å². The number of unbranched alkanes of at least 4 members (excludes halogenated alkanes) is 18. The molecule has 2 amide bonds. The molecule has 10 heteroatoms. The third-order valence-corrected chi connectivity index (χ3v) is 8.80. The molecule has 0 aromatic carbocycles. The van der Waals surface area contributed by atoms with E-state index in [9.17, 15) is 24.6 Å². The van der Waals surface area contributed by atoms with Gasteiger partial charge >= 0.3 is 5.97 Å². The van der Waals surface area contributed by atoms with Gasteiger partial charge in [-0.3, -0.25) is 14.4 Å². The van der Waals surface area contributed by atoms with Crippen LogP contribution in [0.3, 0.4) is 0 Å². The normalized spacial score (nSPS) is 21.1. The monoisotopic (exact) mass is 671 g/mol. The Morgan fingerprint density at radius 3 is 1.60 bits per heavy atom. The Morgan fingerprint density at radius 2 is 1.15 bits per heavy atom. The molecule has 5 atom stereocenters. The summed E-state index contributed by atoms with van der Waals surface area (Å²) in [7, 11) is 0. The summed E-state index contributed by atoms with van der Waals surface area (Å²) in [6.45, 7) is 7.16. The second kappa shape index (κ2) is 28.1. The molecule has 0 bridgehead atoms. The van der Waals surface area contributed by atoms with Gasteiger partial charge in [0.2, 0.25) is 11.8 Å². The van der Waals surface area contributed by atoms with Crippen LogP contribution in [0.15, 0.2) is 0 Å². The predicted octanol–water partition coefficient (Wildman–Crippen LogP) is 6.62. The summed E-state index contributed by atoms with van der Waals surface area (Å²) in [5.74, 6) is -1.23. The van der Waals surface area contributed by atoms with Crippen molar-refractivity contribution in [2.75, 3.05) is 13.2 Å². The van der Waals surface area contributed by atoms with Crippen LogP contribution in [-0.4, -0.2) is 77.9 Å². The zero-order chi connectivity index (χ0) is 34.7. The molecule has 1 aliphatic rings. The molecule has 0 aromatic heterocycles. The first kappa shape index (κ1) is 43.3. The molecular formula is C37H70N2O8. The number of nitrogens with one attached hydrogen (secondary N) is 2. The standard InChI is InChI=1S/C37H70N2O8/c1-5-7-9-11-13-15-16-18-20-22-24-26-32(42)39-34-36(35(44)30(28-40)46-37(34)45-29(3)4)47-33(43)27-38-31(41)25-23-21-19-17-14-12-10-8-6-2/h29-30,34-37,40,44H,5-28H2,1-4H3,(H,38,41)(H,39,42)/t30-,34-,35-,36-,37+/m1/s1. The lowest BCUT2D eigenvalue weighted by molar-refractivity contribution is -0.281. The van der Waals surface area contributed by atoms with Crippen LogP contribution in [0.5, 0.6) is 0 Å². The molecule has 0 saturated carbocycles. The maximum Gasteiger partial charge on any atom is 0.325 e. The van der Waals surface area contributed by atoms with E-state index in [1.807, 2.05) is 0 Å². The molecule has 1 fully saturated rings. The fourth-order valence-electron chi connectivity index (χ4n) is 6.00. The summed E-state index contributed by atoms with van der Waals surface area (Å²) in [6.07, 6.45) is 18.8. The quantitative estimate of drug-likeness (QED) is 0.0513. The van der Waals surface area contributed by atoms with Crippen LogP contribution in [0.4, 0.5) is 0 Å². The van der Waals surface area contributed by atoms with Gasteiger partial charge in [0.25, 0.3) is 0 Å². The van der Waals surface area contributed by atoms with Crippen molar-refractivity contribution in [3.05, 3.63) is 0 Å². The highest BCUT2D eigenvalue weighted by molar-refractivity contribution is 5.82. The number of aliphatic hydroxyl groups excluding tert-OH is 2. The van der Waals surface area contributed by atoms with Crippen LogP contribution in [-0.2, 0) is 28.6 Å². The molecular weight excluding hydrogens is 600 g/mol. The van der Waals surface area contributed by atoms with Crippen molar-refractivity contribution in [2.45, 2.75) is 206 Å². The van der Waals surface area contributed by atoms with E-state index in [4.69, 9.17) is 14.2 Å². The van der Waals surface area contributed by atoms with Crippen LogP contribution in [0.25, 0.3) is 0 Å². The first-order valence-electron chi connectivity index (χ1n) is 19.1. The van der Waals surface area contributed by atoms with Crippen LogP contribution in [0, 0.1) is 0 Å². The smallest absolute Gasteiger partial charge is 0.325 e. The summed E-state index contributed by atoms with van der Waals surface area (Å²) in [5, 5.41) is 26.3. The Balaban J connectivity index is 2.54. The van der Waals surface area contributed by atoms with Gasteiger partial charge < -0.3 is 35.1 Å². The Hall–Kier alpha value is -1.75. The van der Waals surface area contributed by atoms with E-state index in [1.165, 1.54) is 89.9 Å². The van der Waals surface area contributed by atoms with Gasteiger partial charge in [-0.15, -0.1) is 0 Å². The SMILES string of the molecule is CCCCCCCCCCCCCC(=O)N[C@H]1[C@@H](OC(C)C)O[C@H](CO)[C@@H](O)[C@@H]1OC(=O)CNC(=O)CCCCCCCCCCC. The summed E-state index contributed by atoms with van der Waals surface area (Å²) in [6, 6.07) is -0.989. The number of aliphatic hydroxyl groups is 2. The summed E-state index contributed by atoms with van der Waals surface area (Å²) >= 11 is 0. The average Bonchev–Trinajstić information content (AvgIpc) is 3.04. The van der Waals surface area contributed by atoms with Crippen molar-refractivity contribution < 1.29 is 38.8 Å². The van der Waals surface area contributed by atoms with E-state index >= 15 is 0 Å². The number of esters is 1. The third kappa shape index (κ3) is 21.1. The Kier molecular flexibility index (Phi) is 25.9. The topological polar surface area (TPSA) is 143 Å². The molecule has 0 aliphatic carbocycles. The van der Waals surface area contributed by atoms with E-state index in [2.05, 4.69) is 24.5 Å². The van der Waals surface area contributed by atoms with Gasteiger partial charge in [-0.05, 0) is 26.7 Å². The predicted molar refractivity (Wildman–Crippen MR) is 186 cm³/mol. The van der Waals surface area contributed by atoms with Gasteiger partial charge in [0.1, 0.15) is 24.8 Å². The molecule has 1 heterocycles. The highest BCUT2D eigenvalue weighted by atomic mass is 16.7. The van der Waals surface area contributed by atoms with Crippen molar-refractivity contribution >= 4 is 17.8 Å². The van der Waals surface area contributed by atoms with Gasteiger partial charge in [-0.1, -0.05) is 129 Å². The van der Waals surface area contributed by atoms with E-state index in [0.29, 0.717) is 6.42 Å². The molecule has 4 N–H and O–H groups in total. The molecule has 47 heavy (non-hydrogen) atoms. The molecule has 0 radical (unpaired) electrons. The summed E-state index contributed by atoms with van der Waals surface area (Å²) < 4.78 is 17.3. The molecule has 0 unspecified atom stereocenters. The molecule has 1 aliphatic heterocycles. The first-order chi connectivity index (χ1) is 22.7. The number of hydrogen-bond donors (Lipinski definition) is 4. The van der Waals surface area contributed by atoms with Crippen LogP contribution in [0.2, 0.25) is 0 Å². The minimum Gasteiger partial charge on any atom is -0.456 e. The van der Waals surface area contributed by atoms with E-state index in [0.717, 1.165) is 38.5 Å². The van der Waals surface area contributed by atoms with Crippen LogP contribution >= 0.6 is 0 Å². The number of ether oxygens (including phenoxy) is 3. The average molecular weight is 671 g/mol. The third-order valence-electron chi connectivity index (χ3n) is 8.80. The second-order valence-corrected chi connectivity index (χ2v) is 13.6. The summed E-state index contributed by atoms with van der Waals surface area (Å²) in [5.41, 5.74) is 0. The zero-order valence-corrected chi connectivity index (χ0v) is 30.3. The van der Waals surface area contributed by atoms with Crippen LogP contribution < -0.4 is 10.6 Å². The largest absolute Gasteiger partial charge is 0.456 e. The lowest BCUT2D eigenvalue weighted by Crippen LogP contribution is -2.66. The highest BCUT2D eigenvalue weighted by Gasteiger charge is 2.48. The maximum absolute atomic E-state index is 13.0. The Morgan fingerprint density at radius 1 is 0.702 bits per heavy atom. The van der Waals surface area contributed by atoms with Gasteiger partial charge in [0.15, 0.2) is 12.4 Å². The van der Waals surface area contributed by atoms with E-state index in [1.54, 1.807) is 13.8 Å². The van der Waals surface area contributed by atoms with E-state index < -0.39 is 43.2 Å². The maximum atomic E-state index is 13.0. The van der Waals surface area contributed by atoms with Crippen LogP contribution in [0.1, 0.15) is 169 Å². The fraction of sp³-hybridized carbons (Fsp3) is 0.919. The van der Waals surface area contributed by atoms with Gasteiger partial charge in [-0.25, -0.2) is 0 Å². The number of amides is 2. The fourth-order valence-corrected chi connectivity index (χ4v) is 6.00. The summed E-state index contributed by atoms with van der Waals surface area (Å²) in [4.78, 5) is 38.1. The van der Waals surface area contributed by atoms with Crippen molar-refractivity contribution in [2.24, 2.45) is 0 Å². The Bertz CT molecular complexity index is 811. The van der Waals surface area contributed by atoms with Gasteiger partial charge in [0, 0.05) is 12.8 Å². The number of carbonyl (C=O) groups is 3. The highest BCUT2D eigenvalue weighted by Crippen LogP contribution is 2.26. The van der Waals surface area contributed by atoms with Crippen molar-refractivity contribution in [1.29, 1.82) is 0 Å². The molecule has 1 saturated heterocycles. The van der Waals surface area contributed by atoms with Crippen molar-refractivity contribution in [1.82, 2.24) is 10.6 Å². The minimum atomic E-state index is -1.40. The molecule has 0 aromatic rings. The van der Waals surface area contributed by atoms with E-state index in [-0.39, 0.29) is 30.9 Å². The molecule has 0 spiro atoms. The second-order valence-electron chi connectivity index (χ2n) is 13.6. The van der Waals surface area contributed by atoms with Crippen molar-refractivity contribution in [3.63, 3.8) is 0 Å².